The molecule has 0 saturated carbocycles. The molecular weight excluding hydrogens is 350 g/mol. The minimum absolute atomic E-state index is 0.0420. The molecule has 0 heterocycles. The third-order valence-corrected chi connectivity index (χ3v) is 3.71. The highest BCUT2D eigenvalue weighted by molar-refractivity contribution is 5.95. The van der Waals surface area contributed by atoms with E-state index in [4.69, 9.17) is 16.2 Å². The van der Waals surface area contributed by atoms with Crippen LogP contribution in [0, 0.1) is 0 Å². The summed E-state index contributed by atoms with van der Waals surface area (Å²) in [4.78, 5) is 34.2. The summed E-state index contributed by atoms with van der Waals surface area (Å²) >= 11 is 0. The van der Waals surface area contributed by atoms with Gasteiger partial charge in [-0.15, -0.1) is 0 Å². The molecule has 0 atom stereocenters. The van der Waals surface area contributed by atoms with E-state index in [0.717, 1.165) is 5.56 Å². The molecule has 0 fully saturated rings. The molecule has 2 aromatic rings. The summed E-state index contributed by atoms with van der Waals surface area (Å²) in [5.41, 5.74) is 11.8. The minimum atomic E-state index is -0.664. The van der Waals surface area contributed by atoms with E-state index >= 15 is 0 Å². The van der Waals surface area contributed by atoms with Gasteiger partial charge in [0, 0.05) is 24.1 Å². The predicted molar refractivity (Wildman–Crippen MR) is 97.8 cm³/mol. The molecule has 142 valence electrons. The summed E-state index contributed by atoms with van der Waals surface area (Å²) in [6.45, 7) is -0.390. The van der Waals surface area contributed by atoms with Crippen molar-refractivity contribution in [1.29, 1.82) is 0 Å². The zero-order valence-corrected chi connectivity index (χ0v) is 14.6. The Balaban J connectivity index is 2.24. The first kappa shape index (κ1) is 19.9. The summed E-state index contributed by atoms with van der Waals surface area (Å²) < 4.78 is 5.45. The first-order valence-electron chi connectivity index (χ1n) is 8.28. The van der Waals surface area contributed by atoms with Gasteiger partial charge in [0.2, 0.25) is 5.91 Å². The van der Waals surface area contributed by atoms with Crippen LogP contribution in [0.1, 0.15) is 23.2 Å². The van der Waals surface area contributed by atoms with E-state index in [1.165, 1.54) is 6.07 Å². The minimum Gasteiger partial charge on any atom is -0.483 e. The number of carbonyl (C=O) groups is 3. The maximum atomic E-state index is 12.4. The van der Waals surface area contributed by atoms with Crippen molar-refractivity contribution in [2.75, 3.05) is 13.2 Å². The Bertz CT molecular complexity index is 823. The molecule has 8 nitrogen and oxygen atoms in total. The van der Waals surface area contributed by atoms with E-state index in [1.54, 1.807) is 12.1 Å². The smallest absolute Gasteiger partial charge is 0.277 e. The molecule has 3 amide bonds. The van der Waals surface area contributed by atoms with Crippen LogP contribution in [0.2, 0.25) is 0 Å². The van der Waals surface area contributed by atoms with E-state index < -0.39 is 17.7 Å². The molecule has 0 unspecified atom stereocenters. The zero-order chi connectivity index (χ0) is 19.8. The molecular formula is C19H21N3O5. The second-order valence-electron chi connectivity index (χ2n) is 5.83. The first-order chi connectivity index (χ1) is 12.9. The van der Waals surface area contributed by atoms with Crippen molar-refractivity contribution in [1.82, 2.24) is 5.06 Å². The van der Waals surface area contributed by atoms with Gasteiger partial charge in [0.15, 0.2) is 6.61 Å². The summed E-state index contributed by atoms with van der Waals surface area (Å²) in [5.74, 6) is -1.54. The van der Waals surface area contributed by atoms with Gasteiger partial charge in [-0.2, -0.15) is 0 Å². The topological polar surface area (TPSA) is 136 Å². The van der Waals surface area contributed by atoms with Gasteiger partial charge in [0.25, 0.3) is 11.8 Å². The van der Waals surface area contributed by atoms with Crippen LogP contribution < -0.4 is 16.2 Å². The van der Waals surface area contributed by atoms with E-state index in [1.807, 2.05) is 30.3 Å². The van der Waals surface area contributed by atoms with Crippen LogP contribution in [0.5, 0.6) is 5.75 Å². The Labute approximate surface area is 156 Å². The molecule has 2 aromatic carbocycles. The molecule has 5 N–H and O–H groups in total. The normalized spacial score (nSPS) is 10.3. The van der Waals surface area contributed by atoms with Crippen LogP contribution in [0.3, 0.4) is 0 Å². The third kappa shape index (κ3) is 5.82. The summed E-state index contributed by atoms with van der Waals surface area (Å²) in [6, 6.07) is 13.9. The number of benzene rings is 2. The van der Waals surface area contributed by atoms with Gasteiger partial charge in [-0.1, -0.05) is 30.3 Å². The number of primary amides is 2. The van der Waals surface area contributed by atoms with Crippen molar-refractivity contribution in [2.24, 2.45) is 11.5 Å². The lowest BCUT2D eigenvalue weighted by molar-refractivity contribution is -0.120. The molecule has 0 bridgehead atoms. The predicted octanol–water partition coefficient (Wildman–Crippen LogP) is 1.31. The molecule has 0 saturated heterocycles. The van der Waals surface area contributed by atoms with Gasteiger partial charge >= 0.3 is 0 Å². The average Bonchev–Trinajstić information content (AvgIpc) is 2.65. The third-order valence-electron chi connectivity index (χ3n) is 3.71. The van der Waals surface area contributed by atoms with Gasteiger partial charge in [0.1, 0.15) is 5.75 Å². The van der Waals surface area contributed by atoms with Crippen LogP contribution in [0.15, 0.2) is 48.5 Å². The SMILES string of the molecule is NC(=O)CCCN(O)C(=O)c1ccc(-c2ccccc2)c(OCC(N)=O)c1. The fraction of sp³-hybridized carbons (Fsp3) is 0.211. The van der Waals surface area contributed by atoms with E-state index in [9.17, 15) is 19.6 Å². The highest BCUT2D eigenvalue weighted by atomic mass is 16.5. The number of hydrogen-bond donors (Lipinski definition) is 3. The highest BCUT2D eigenvalue weighted by Gasteiger charge is 2.17. The number of ether oxygens (including phenoxy) is 1. The fourth-order valence-electron chi connectivity index (χ4n) is 2.43. The average molecular weight is 371 g/mol. The Kier molecular flexibility index (Phi) is 6.90. The molecule has 0 aromatic heterocycles. The van der Waals surface area contributed by atoms with Crippen LogP contribution in [0.25, 0.3) is 11.1 Å². The second-order valence-corrected chi connectivity index (χ2v) is 5.83. The lowest BCUT2D eigenvalue weighted by Crippen LogP contribution is -2.29. The lowest BCUT2D eigenvalue weighted by Gasteiger charge is -2.17. The van der Waals surface area contributed by atoms with Crippen LogP contribution in [-0.4, -0.2) is 41.1 Å². The van der Waals surface area contributed by atoms with Crippen LogP contribution in [0.4, 0.5) is 0 Å². The highest BCUT2D eigenvalue weighted by Crippen LogP contribution is 2.31. The number of amides is 3. The fourth-order valence-corrected chi connectivity index (χ4v) is 2.43. The zero-order valence-electron chi connectivity index (χ0n) is 14.6. The van der Waals surface area contributed by atoms with Crippen molar-refractivity contribution in [3.8, 4) is 16.9 Å². The van der Waals surface area contributed by atoms with Gasteiger partial charge in [-0.3, -0.25) is 19.6 Å². The second kappa shape index (κ2) is 9.35. The Morgan fingerprint density at radius 3 is 2.33 bits per heavy atom. The van der Waals surface area contributed by atoms with Gasteiger partial charge in [-0.25, -0.2) is 5.06 Å². The maximum absolute atomic E-state index is 12.4. The number of nitrogens with zero attached hydrogens (tertiary/aromatic N) is 1. The number of hydrogen-bond acceptors (Lipinski definition) is 5. The number of hydroxylamine groups is 2. The van der Waals surface area contributed by atoms with Crippen LogP contribution in [-0.2, 0) is 9.59 Å². The van der Waals surface area contributed by atoms with E-state index in [-0.39, 0.29) is 37.3 Å². The Morgan fingerprint density at radius 1 is 1.00 bits per heavy atom. The first-order valence-corrected chi connectivity index (χ1v) is 8.28. The molecule has 2 rings (SSSR count). The van der Waals surface area contributed by atoms with Gasteiger partial charge < -0.3 is 16.2 Å². The number of carbonyl (C=O) groups excluding carboxylic acids is 3. The van der Waals surface area contributed by atoms with Crippen molar-refractivity contribution >= 4 is 17.7 Å². The molecule has 0 aliphatic heterocycles. The van der Waals surface area contributed by atoms with Crippen molar-refractivity contribution in [3.63, 3.8) is 0 Å². The molecule has 0 radical (unpaired) electrons. The monoisotopic (exact) mass is 371 g/mol. The van der Waals surface area contributed by atoms with Gasteiger partial charge in [-0.05, 0) is 30.2 Å². The molecule has 27 heavy (non-hydrogen) atoms. The molecule has 0 aliphatic carbocycles. The van der Waals surface area contributed by atoms with Crippen molar-refractivity contribution in [2.45, 2.75) is 12.8 Å². The Morgan fingerprint density at radius 2 is 1.70 bits per heavy atom. The molecule has 8 heteroatoms. The number of rotatable bonds is 9. The van der Waals surface area contributed by atoms with Crippen LogP contribution >= 0.6 is 0 Å². The van der Waals surface area contributed by atoms with Crippen molar-refractivity contribution in [3.05, 3.63) is 54.1 Å². The largest absolute Gasteiger partial charge is 0.483 e. The molecule has 0 aliphatic rings. The van der Waals surface area contributed by atoms with E-state index in [2.05, 4.69) is 0 Å². The Hall–Kier alpha value is -3.39. The number of nitrogens with two attached hydrogens (primary N) is 2. The summed E-state index contributed by atoms with van der Waals surface area (Å²) in [7, 11) is 0. The van der Waals surface area contributed by atoms with E-state index in [0.29, 0.717) is 10.6 Å². The van der Waals surface area contributed by atoms with Crippen molar-refractivity contribution < 1.29 is 24.3 Å². The quantitative estimate of drug-likeness (QED) is 0.451. The van der Waals surface area contributed by atoms with Gasteiger partial charge in [0.05, 0.1) is 0 Å². The summed E-state index contributed by atoms with van der Waals surface area (Å²) in [6.07, 6.45) is 0.301. The standard InChI is InChI=1S/C19H21N3O5/c20-17(23)7-4-10-22(26)19(25)14-8-9-15(13-5-2-1-3-6-13)16(11-14)27-12-18(21)24/h1-3,5-6,8-9,11,26H,4,7,10,12H2,(H2,20,23)(H2,21,24). The molecule has 0 spiro atoms. The maximum Gasteiger partial charge on any atom is 0.277 e. The summed E-state index contributed by atoms with van der Waals surface area (Å²) in [5, 5.41) is 10.4. The lowest BCUT2D eigenvalue weighted by atomic mass is 10.0.